The summed E-state index contributed by atoms with van der Waals surface area (Å²) in [6, 6.07) is 14.5. The quantitative estimate of drug-likeness (QED) is 0.618. The van der Waals surface area contributed by atoms with E-state index in [0.717, 1.165) is 24.2 Å². The van der Waals surface area contributed by atoms with Crippen LogP contribution in [0.4, 0.5) is 5.69 Å². The van der Waals surface area contributed by atoms with Gasteiger partial charge in [-0.2, -0.15) is 0 Å². The minimum Gasteiger partial charge on any atom is -0.312 e. The molecular weight excluding hydrogens is 310 g/mol. The molecule has 1 fully saturated rings. The number of rotatable bonds is 4. The summed E-state index contributed by atoms with van der Waals surface area (Å²) in [4.78, 5) is 25.7. The summed E-state index contributed by atoms with van der Waals surface area (Å²) in [6.45, 7) is 0.753. The van der Waals surface area contributed by atoms with Crippen molar-refractivity contribution < 1.29 is 9.59 Å². The summed E-state index contributed by atoms with van der Waals surface area (Å²) in [5.74, 6) is 0.0750. The zero-order valence-corrected chi connectivity index (χ0v) is 13.3. The van der Waals surface area contributed by atoms with Crippen LogP contribution in [0.1, 0.15) is 28.8 Å². The Labute approximate surface area is 140 Å². The number of hydrogen-bond acceptors (Lipinski definition) is 2. The SMILES string of the molecule is O=C(C=Cc1ccc(Cl)cc1)c1ccc(N2CCCC2=O)cc1. The van der Waals surface area contributed by atoms with Crippen LogP contribution in [-0.4, -0.2) is 18.2 Å². The predicted octanol–water partition coefficient (Wildman–Crippen LogP) is 4.36. The number of ketones is 1. The lowest BCUT2D eigenvalue weighted by atomic mass is 10.1. The minimum atomic E-state index is -0.0701. The molecule has 0 saturated carbocycles. The monoisotopic (exact) mass is 325 g/mol. The molecular formula is C19H16ClNO2. The topological polar surface area (TPSA) is 37.4 Å². The van der Waals surface area contributed by atoms with Crippen molar-refractivity contribution >= 4 is 35.1 Å². The molecule has 0 atom stereocenters. The van der Waals surface area contributed by atoms with Gasteiger partial charge in [0.25, 0.3) is 0 Å². The van der Waals surface area contributed by atoms with E-state index in [2.05, 4.69) is 0 Å². The number of benzene rings is 2. The standard InChI is InChI=1S/C19H16ClNO2/c20-16-8-3-14(4-9-16)5-12-18(22)15-6-10-17(11-7-15)21-13-1-2-19(21)23/h3-12H,1-2,13H2. The van der Waals surface area contributed by atoms with E-state index >= 15 is 0 Å². The maximum absolute atomic E-state index is 12.2. The number of carbonyl (C=O) groups excluding carboxylic acids is 2. The maximum Gasteiger partial charge on any atom is 0.227 e. The van der Waals surface area contributed by atoms with Gasteiger partial charge in [-0.05, 0) is 54.5 Å². The molecule has 1 aliphatic heterocycles. The van der Waals surface area contributed by atoms with Gasteiger partial charge in [-0.1, -0.05) is 29.8 Å². The molecule has 2 aromatic rings. The van der Waals surface area contributed by atoms with Crippen LogP contribution in [0.15, 0.2) is 54.6 Å². The molecule has 0 aromatic heterocycles. The Kier molecular flexibility index (Phi) is 4.58. The van der Waals surface area contributed by atoms with Crippen molar-refractivity contribution in [3.63, 3.8) is 0 Å². The van der Waals surface area contributed by atoms with Gasteiger partial charge in [0.15, 0.2) is 5.78 Å². The van der Waals surface area contributed by atoms with Crippen molar-refractivity contribution in [3.8, 4) is 0 Å². The average molecular weight is 326 g/mol. The summed E-state index contributed by atoms with van der Waals surface area (Å²) in [6.07, 6.45) is 4.80. The Bertz CT molecular complexity index is 748. The van der Waals surface area contributed by atoms with Crippen LogP contribution in [0, 0.1) is 0 Å². The molecule has 1 heterocycles. The van der Waals surface area contributed by atoms with Crippen LogP contribution >= 0.6 is 11.6 Å². The largest absolute Gasteiger partial charge is 0.312 e. The van der Waals surface area contributed by atoms with E-state index in [1.807, 2.05) is 24.3 Å². The summed E-state index contributed by atoms with van der Waals surface area (Å²) >= 11 is 5.83. The average Bonchev–Trinajstić information content (AvgIpc) is 3.00. The van der Waals surface area contributed by atoms with Crippen LogP contribution in [-0.2, 0) is 4.79 Å². The van der Waals surface area contributed by atoms with Gasteiger partial charge in [-0.25, -0.2) is 0 Å². The Morgan fingerprint density at radius 2 is 1.74 bits per heavy atom. The maximum atomic E-state index is 12.2. The van der Waals surface area contributed by atoms with Gasteiger partial charge in [-0.3, -0.25) is 9.59 Å². The van der Waals surface area contributed by atoms with Gasteiger partial charge < -0.3 is 4.90 Å². The Morgan fingerprint density at radius 1 is 1.04 bits per heavy atom. The molecule has 0 aliphatic carbocycles. The first-order chi connectivity index (χ1) is 11.1. The van der Waals surface area contributed by atoms with E-state index < -0.39 is 0 Å². The third-order valence-electron chi connectivity index (χ3n) is 3.83. The summed E-state index contributed by atoms with van der Waals surface area (Å²) in [5, 5.41) is 0.667. The molecule has 1 amide bonds. The second-order valence-corrected chi connectivity index (χ2v) is 5.88. The van der Waals surface area contributed by atoms with Crippen LogP contribution in [0.5, 0.6) is 0 Å². The van der Waals surface area contributed by atoms with E-state index in [-0.39, 0.29) is 11.7 Å². The molecule has 116 valence electrons. The van der Waals surface area contributed by atoms with Gasteiger partial charge in [0.1, 0.15) is 0 Å². The lowest BCUT2D eigenvalue weighted by molar-refractivity contribution is -0.117. The zero-order valence-electron chi connectivity index (χ0n) is 12.5. The molecule has 1 saturated heterocycles. The summed E-state index contributed by atoms with van der Waals surface area (Å²) in [5.41, 5.74) is 2.37. The third-order valence-corrected chi connectivity index (χ3v) is 4.09. The van der Waals surface area contributed by atoms with Crippen molar-refractivity contribution in [2.45, 2.75) is 12.8 Å². The van der Waals surface area contributed by atoms with E-state index in [1.54, 1.807) is 41.3 Å². The number of hydrogen-bond donors (Lipinski definition) is 0. The number of carbonyl (C=O) groups is 2. The number of allylic oxidation sites excluding steroid dienone is 1. The summed E-state index contributed by atoms with van der Waals surface area (Å²) in [7, 11) is 0. The lowest BCUT2D eigenvalue weighted by Gasteiger charge is -2.15. The van der Waals surface area contributed by atoms with Crippen LogP contribution in [0.2, 0.25) is 5.02 Å². The fourth-order valence-electron chi connectivity index (χ4n) is 2.57. The number of halogens is 1. The highest BCUT2D eigenvalue weighted by Crippen LogP contribution is 2.22. The lowest BCUT2D eigenvalue weighted by Crippen LogP contribution is -2.23. The van der Waals surface area contributed by atoms with Crippen LogP contribution in [0.3, 0.4) is 0 Å². The number of amides is 1. The molecule has 0 N–H and O–H groups in total. The molecule has 0 unspecified atom stereocenters. The first-order valence-electron chi connectivity index (χ1n) is 7.52. The van der Waals surface area contributed by atoms with Crippen molar-refractivity contribution in [2.24, 2.45) is 0 Å². The Hall–Kier alpha value is -2.39. The van der Waals surface area contributed by atoms with E-state index in [4.69, 9.17) is 11.6 Å². The zero-order chi connectivity index (χ0) is 16.2. The van der Waals surface area contributed by atoms with E-state index in [1.165, 1.54) is 0 Å². The summed E-state index contributed by atoms with van der Waals surface area (Å²) < 4.78 is 0. The van der Waals surface area contributed by atoms with Crippen molar-refractivity contribution in [3.05, 3.63) is 70.8 Å². The number of anilines is 1. The first-order valence-corrected chi connectivity index (χ1v) is 7.90. The van der Waals surface area contributed by atoms with Gasteiger partial charge >= 0.3 is 0 Å². The highest BCUT2D eigenvalue weighted by molar-refractivity contribution is 6.30. The van der Waals surface area contributed by atoms with Crippen molar-refractivity contribution in [2.75, 3.05) is 11.4 Å². The molecule has 3 nitrogen and oxygen atoms in total. The highest BCUT2D eigenvalue weighted by Gasteiger charge is 2.21. The Balaban J connectivity index is 1.70. The van der Waals surface area contributed by atoms with Gasteiger partial charge in [0.05, 0.1) is 0 Å². The normalized spacial score (nSPS) is 14.7. The van der Waals surface area contributed by atoms with Crippen molar-refractivity contribution in [1.82, 2.24) is 0 Å². The van der Waals surface area contributed by atoms with Crippen LogP contribution < -0.4 is 4.90 Å². The smallest absolute Gasteiger partial charge is 0.227 e. The molecule has 0 bridgehead atoms. The minimum absolute atomic E-state index is 0.0701. The van der Waals surface area contributed by atoms with Gasteiger partial charge in [-0.15, -0.1) is 0 Å². The van der Waals surface area contributed by atoms with Crippen molar-refractivity contribution in [1.29, 1.82) is 0 Å². The molecule has 0 radical (unpaired) electrons. The van der Waals surface area contributed by atoms with E-state index in [0.29, 0.717) is 17.0 Å². The first kappa shape index (κ1) is 15.5. The number of nitrogens with zero attached hydrogens (tertiary/aromatic N) is 1. The Morgan fingerprint density at radius 3 is 2.35 bits per heavy atom. The molecule has 2 aromatic carbocycles. The predicted molar refractivity (Wildman–Crippen MR) is 92.8 cm³/mol. The second kappa shape index (κ2) is 6.80. The van der Waals surface area contributed by atoms with Gasteiger partial charge in [0.2, 0.25) is 5.91 Å². The fraction of sp³-hybridized carbons (Fsp3) is 0.158. The molecule has 23 heavy (non-hydrogen) atoms. The fourth-order valence-corrected chi connectivity index (χ4v) is 2.69. The molecule has 3 rings (SSSR count). The van der Waals surface area contributed by atoms with E-state index in [9.17, 15) is 9.59 Å². The molecule has 0 spiro atoms. The van der Waals surface area contributed by atoms with Gasteiger partial charge in [0, 0.05) is 29.2 Å². The molecule has 4 heteroatoms. The third kappa shape index (κ3) is 3.69. The molecule has 1 aliphatic rings. The highest BCUT2D eigenvalue weighted by atomic mass is 35.5. The van der Waals surface area contributed by atoms with Crippen LogP contribution in [0.25, 0.3) is 6.08 Å². The second-order valence-electron chi connectivity index (χ2n) is 5.44.